The second-order valence-corrected chi connectivity index (χ2v) is 6.55. The summed E-state index contributed by atoms with van der Waals surface area (Å²) < 4.78 is 10.9. The summed E-state index contributed by atoms with van der Waals surface area (Å²) >= 11 is 0. The summed E-state index contributed by atoms with van der Waals surface area (Å²) in [6, 6.07) is 7.83. The fraction of sp³-hybridized carbons (Fsp3) is 0.600. The molecule has 1 heterocycles. The van der Waals surface area contributed by atoms with E-state index in [1.54, 1.807) is 4.90 Å². The summed E-state index contributed by atoms with van der Waals surface area (Å²) in [6.07, 6.45) is 3.99. The van der Waals surface area contributed by atoms with Crippen LogP contribution in [0.1, 0.15) is 45.1 Å². The minimum absolute atomic E-state index is 0.0102. The number of para-hydroxylation sites is 1. The van der Waals surface area contributed by atoms with E-state index >= 15 is 0 Å². The van der Waals surface area contributed by atoms with E-state index in [2.05, 4.69) is 19.2 Å². The predicted molar refractivity (Wildman–Crippen MR) is 100 cm³/mol. The molecule has 1 aromatic carbocycles. The molecule has 0 unspecified atom stereocenters. The van der Waals surface area contributed by atoms with Crippen LogP contribution in [0.4, 0.5) is 4.79 Å². The molecule has 0 bridgehead atoms. The number of likely N-dealkylation sites (tertiary alicyclic amines) is 1. The molecule has 6 nitrogen and oxygen atoms in total. The normalized spacial score (nSPS) is 14.8. The summed E-state index contributed by atoms with van der Waals surface area (Å²) in [5.74, 6) is 0.634. The van der Waals surface area contributed by atoms with E-state index in [1.807, 2.05) is 24.3 Å². The Labute approximate surface area is 155 Å². The minimum atomic E-state index is -0.247. The second-order valence-electron chi connectivity index (χ2n) is 6.55. The molecule has 1 aromatic rings. The highest BCUT2D eigenvalue weighted by molar-refractivity contribution is 5.78. The van der Waals surface area contributed by atoms with Gasteiger partial charge in [0.1, 0.15) is 5.75 Å². The van der Waals surface area contributed by atoms with E-state index in [4.69, 9.17) is 9.47 Å². The number of ether oxygens (including phenoxy) is 2. The third kappa shape index (κ3) is 6.24. The Kier molecular flexibility index (Phi) is 8.25. The highest BCUT2D eigenvalue weighted by Gasteiger charge is 2.24. The fourth-order valence-electron chi connectivity index (χ4n) is 2.95. The Morgan fingerprint density at radius 1 is 1.19 bits per heavy atom. The Morgan fingerprint density at radius 2 is 1.92 bits per heavy atom. The fourth-order valence-corrected chi connectivity index (χ4v) is 2.95. The van der Waals surface area contributed by atoms with Crippen molar-refractivity contribution in [3.8, 4) is 5.75 Å². The molecule has 144 valence electrons. The summed E-state index contributed by atoms with van der Waals surface area (Å²) in [5.41, 5.74) is 1.09. The van der Waals surface area contributed by atoms with Crippen molar-refractivity contribution in [3.63, 3.8) is 0 Å². The first-order valence-electron chi connectivity index (χ1n) is 9.55. The number of nitrogens with one attached hydrogen (secondary N) is 1. The van der Waals surface area contributed by atoms with Crippen molar-refractivity contribution in [2.75, 3.05) is 26.3 Å². The molecule has 1 fully saturated rings. The molecular weight excluding hydrogens is 332 g/mol. The zero-order valence-corrected chi connectivity index (χ0v) is 15.8. The third-order valence-electron chi connectivity index (χ3n) is 4.55. The molecule has 0 saturated carbocycles. The molecule has 2 amide bonds. The number of nitrogens with zero attached hydrogens (tertiary/aromatic N) is 1. The van der Waals surface area contributed by atoms with E-state index in [0.29, 0.717) is 19.7 Å². The van der Waals surface area contributed by atoms with Crippen LogP contribution in [0.2, 0.25) is 0 Å². The second kappa shape index (κ2) is 10.7. The minimum Gasteiger partial charge on any atom is -0.483 e. The van der Waals surface area contributed by atoms with Crippen LogP contribution in [0.5, 0.6) is 5.75 Å². The molecule has 0 aromatic heterocycles. The summed E-state index contributed by atoms with van der Waals surface area (Å²) in [5, 5.41) is 3.00. The van der Waals surface area contributed by atoms with Crippen LogP contribution in [0.3, 0.4) is 0 Å². The zero-order chi connectivity index (χ0) is 18.8. The molecule has 0 atom stereocenters. The Bertz CT molecular complexity index is 583. The molecule has 26 heavy (non-hydrogen) atoms. The molecular formula is C20H30N2O4. The SMILES string of the molecule is CCCCOC(=O)N1CCC(NC(=O)COc2ccccc2CC)CC1. The quantitative estimate of drug-likeness (QED) is 0.722. The zero-order valence-electron chi connectivity index (χ0n) is 15.8. The number of hydrogen-bond donors (Lipinski definition) is 1. The van der Waals surface area contributed by atoms with E-state index in [9.17, 15) is 9.59 Å². The first-order valence-corrected chi connectivity index (χ1v) is 9.55. The van der Waals surface area contributed by atoms with Gasteiger partial charge in [0, 0.05) is 19.1 Å². The lowest BCUT2D eigenvalue weighted by Crippen LogP contribution is -2.47. The predicted octanol–water partition coefficient (Wildman–Crippen LogP) is 3.15. The molecule has 1 aliphatic heterocycles. The average molecular weight is 362 g/mol. The van der Waals surface area contributed by atoms with E-state index in [0.717, 1.165) is 43.4 Å². The smallest absolute Gasteiger partial charge is 0.409 e. The molecule has 0 spiro atoms. The van der Waals surface area contributed by atoms with Gasteiger partial charge in [-0.05, 0) is 37.3 Å². The third-order valence-corrected chi connectivity index (χ3v) is 4.55. The maximum atomic E-state index is 12.1. The lowest BCUT2D eigenvalue weighted by molar-refractivity contribution is -0.124. The molecule has 2 rings (SSSR count). The van der Waals surface area contributed by atoms with Crippen LogP contribution in [0.15, 0.2) is 24.3 Å². The summed E-state index contributed by atoms with van der Waals surface area (Å²) in [7, 11) is 0. The number of benzene rings is 1. The van der Waals surface area contributed by atoms with Crippen LogP contribution in [-0.4, -0.2) is 49.2 Å². The van der Waals surface area contributed by atoms with E-state index in [1.165, 1.54) is 0 Å². The van der Waals surface area contributed by atoms with Gasteiger partial charge in [-0.25, -0.2) is 4.79 Å². The van der Waals surface area contributed by atoms with Gasteiger partial charge >= 0.3 is 6.09 Å². The molecule has 6 heteroatoms. The van der Waals surface area contributed by atoms with Gasteiger partial charge in [0.2, 0.25) is 0 Å². The molecule has 0 radical (unpaired) electrons. The van der Waals surface area contributed by atoms with Crippen LogP contribution in [0.25, 0.3) is 0 Å². The van der Waals surface area contributed by atoms with Crippen molar-refractivity contribution in [2.45, 2.75) is 52.0 Å². The summed E-state index contributed by atoms with van der Waals surface area (Å²) in [4.78, 5) is 25.8. The van der Waals surface area contributed by atoms with Crippen LogP contribution >= 0.6 is 0 Å². The van der Waals surface area contributed by atoms with Crippen molar-refractivity contribution in [3.05, 3.63) is 29.8 Å². The number of piperidine rings is 1. The van der Waals surface area contributed by atoms with Gasteiger partial charge in [-0.15, -0.1) is 0 Å². The topological polar surface area (TPSA) is 67.9 Å². The molecule has 0 aliphatic carbocycles. The first-order chi connectivity index (χ1) is 12.6. The highest BCUT2D eigenvalue weighted by Crippen LogP contribution is 2.18. The van der Waals surface area contributed by atoms with Gasteiger partial charge in [-0.3, -0.25) is 4.79 Å². The van der Waals surface area contributed by atoms with Gasteiger partial charge < -0.3 is 19.7 Å². The molecule has 1 aliphatic rings. The van der Waals surface area contributed by atoms with Gasteiger partial charge in [0.25, 0.3) is 5.91 Å². The number of unbranched alkanes of at least 4 members (excludes halogenated alkanes) is 1. The Hall–Kier alpha value is -2.24. The number of rotatable bonds is 8. The van der Waals surface area contributed by atoms with Crippen LogP contribution < -0.4 is 10.1 Å². The lowest BCUT2D eigenvalue weighted by atomic mass is 10.1. The highest BCUT2D eigenvalue weighted by atomic mass is 16.6. The standard InChI is InChI=1S/C20H30N2O4/c1-3-5-14-25-20(24)22-12-10-17(11-13-22)21-19(23)15-26-18-9-7-6-8-16(18)4-2/h6-9,17H,3-5,10-15H2,1-2H3,(H,21,23). The van der Waals surface area contributed by atoms with Gasteiger partial charge in [0.15, 0.2) is 6.61 Å². The molecule has 1 saturated heterocycles. The van der Waals surface area contributed by atoms with Gasteiger partial charge in [-0.1, -0.05) is 38.5 Å². The summed E-state index contributed by atoms with van der Waals surface area (Å²) in [6.45, 7) is 5.82. The number of amides is 2. The average Bonchev–Trinajstić information content (AvgIpc) is 2.67. The van der Waals surface area contributed by atoms with Crippen LogP contribution in [0, 0.1) is 0 Å². The van der Waals surface area contributed by atoms with Crippen molar-refractivity contribution in [2.24, 2.45) is 0 Å². The van der Waals surface area contributed by atoms with Crippen molar-refractivity contribution >= 4 is 12.0 Å². The van der Waals surface area contributed by atoms with Crippen molar-refractivity contribution in [1.29, 1.82) is 0 Å². The van der Waals surface area contributed by atoms with Gasteiger partial charge in [-0.2, -0.15) is 0 Å². The van der Waals surface area contributed by atoms with Gasteiger partial charge in [0.05, 0.1) is 6.61 Å². The maximum Gasteiger partial charge on any atom is 0.409 e. The number of carbonyl (C=O) groups excluding carboxylic acids is 2. The Balaban J connectivity index is 1.68. The number of carbonyl (C=O) groups is 2. The largest absolute Gasteiger partial charge is 0.483 e. The maximum absolute atomic E-state index is 12.1. The monoisotopic (exact) mass is 362 g/mol. The van der Waals surface area contributed by atoms with Crippen LogP contribution in [-0.2, 0) is 16.0 Å². The molecule has 1 N–H and O–H groups in total. The number of aryl methyl sites for hydroxylation is 1. The first kappa shape index (κ1) is 20.1. The lowest BCUT2D eigenvalue weighted by Gasteiger charge is -2.31. The van der Waals surface area contributed by atoms with E-state index < -0.39 is 0 Å². The van der Waals surface area contributed by atoms with Crippen molar-refractivity contribution in [1.82, 2.24) is 10.2 Å². The Morgan fingerprint density at radius 3 is 2.62 bits per heavy atom. The van der Waals surface area contributed by atoms with Crippen molar-refractivity contribution < 1.29 is 19.1 Å². The number of hydrogen-bond acceptors (Lipinski definition) is 4. The van der Waals surface area contributed by atoms with E-state index in [-0.39, 0.29) is 24.6 Å².